The Kier molecular flexibility index (Phi) is 5.17. The summed E-state index contributed by atoms with van der Waals surface area (Å²) < 4.78 is 0. The molecule has 7 heteroatoms. The maximum absolute atomic E-state index is 12.9. The lowest BCUT2D eigenvalue weighted by Crippen LogP contribution is -2.20. The fourth-order valence-corrected chi connectivity index (χ4v) is 6.18. The molecule has 0 aliphatic heterocycles. The minimum Gasteiger partial charge on any atom is -0.294 e. The summed E-state index contributed by atoms with van der Waals surface area (Å²) in [6.07, 6.45) is 6.85. The number of hydrogen-bond donors (Lipinski definition) is 1. The molecule has 6 rings (SSSR count). The Bertz CT molecular complexity index is 1440. The van der Waals surface area contributed by atoms with Gasteiger partial charge >= 0.3 is 0 Å². The van der Waals surface area contributed by atoms with E-state index >= 15 is 0 Å². The molecule has 0 radical (unpaired) electrons. The molecular formula is C27H27N5OS. The van der Waals surface area contributed by atoms with Crippen molar-refractivity contribution >= 4 is 39.9 Å². The molecule has 172 valence electrons. The first-order valence-corrected chi connectivity index (χ1v) is 12.8. The molecule has 0 saturated heterocycles. The van der Waals surface area contributed by atoms with Crippen molar-refractivity contribution in [2.24, 2.45) is 0 Å². The zero-order valence-electron chi connectivity index (χ0n) is 19.7. The van der Waals surface area contributed by atoms with Crippen LogP contribution < -0.4 is 5.32 Å². The number of Topliss-reactive ketones (excluding diaryl/α,β-unsaturated/α-hetero) is 1. The lowest BCUT2D eigenvalue weighted by atomic mass is 9.84. The van der Waals surface area contributed by atoms with Crippen LogP contribution in [0.3, 0.4) is 0 Å². The second kappa shape index (κ2) is 8.24. The maximum Gasteiger partial charge on any atom is 0.230 e. The van der Waals surface area contributed by atoms with Crippen molar-refractivity contribution in [2.75, 3.05) is 5.32 Å². The van der Waals surface area contributed by atoms with Gasteiger partial charge in [-0.05, 0) is 81.3 Å². The van der Waals surface area contributed by atoms with Crippen LogP contribution >= 0.6 is 11.3 Å². The van der Waals surface area contributed by atoms with Gasteiger partial charge in [-0.2, -0.15) is 0 Å². The molecule has 1 N–H and O–H groups in total. The fraction of sp³-hybridized carbons (Fsp3) is 0.370. The quantitative estimate of drug-likeness (QED) is 0.376. The highest BCUT2D eigenvalue weighted by atomic mass is 32.1. The Morgan fingerprint density at radius 1 is 0.912 bits per heavy atom. The average Bonchev–Trinajstić information content (AvgIpc) is 3.23. The van der Waals surface area contributed by atoms with Crippen LogP contribution in [-0.4, -0.2) is 25.7 Å². The molecule has 3 heterocycles. The van der Waals surface area contributed by atoms with Crippen molar-refractivity contribution in [3.8, 4) is 0 Å². The molecule has 3 aromatic heterocycles. The van der Waals surface area contributed by atoms with Crippen LogP contribution in [0.2, 0.25) is 0 Å². The molecule has 1 fully saturated rings. The largest absolute Gasteiger partial charge is 0.294 e. The van der Waals surface area contributed by atoms with Gasteiger partial charge in [0.05, 0.1) is 22.5 Å². The molecule has 6 nitrogen and oxygen atoms in total. The van der Waals surface area contributed by atoms with Crippen LogP contribution in [0.1, 0.15) is 80.1 Å². The highest BCUT2D eigenvalue weighted by Crippen LogP contribution is 2.43. The lowest BCUT2D eigenvalue weighted by molar-refractivity contribution is 0.0963. The summed E-state index contributed by atoms with van der Waals surface area (Å²) in [6, 6.07) is 8.70. The number of anilines is 2. The Morgan fingerprint density at radius 3 is 2.44 bits per heavy atom. The van der Waals surface area contributed by atoms with Gasteiger partial charge in [-0.1, -0.05) is 6.42 Å². The number of fused-ring (bicyclic) bond motifs is 2. The van der Waals surface area contributed by atoms with Gasteiger partial charge in [0.1, 0.15) is 0 Å². The summed E-state index contributed by atoms with van der Waals surface area (Å²) >= 11 is 1.88. The monoisotopic (exact) mass is 469 g/mol. The summed E-state index contributed by atoms with van der Waals surface area (Å²) in [7, 11) is 0. The molecule has 1 aromatic carbocycles. The normalized spacial score (nSPS) is 18.1. The second-order valence-corrected chi connectivity index (χ2v) is 10.8. The number of rotatable bonds is 4. The number of carbonyl (C=O) groups excluding carboxylic acids is 1. The number of nitrogens with one attached hydrogen (secondary N) is 1. The predicted molar refractivity (Wildman–Crippen MR) is 135 cm³/mol. The zero-order valence-corrected chi connectivity index (χ0v) is 20.5. The average molecular weight is 470 g/mol. The maximum atomic E-state index is 12.9. The van der Waals surface area contributed by atoms with Crippen molar-refractivity contribution in [2.45, 2.75) is 64.7 Å². The van der Waals surface area contributed by atoms with E-state index in [0.717, 1.165) is 34.6 Å². The molecule has 2 aliphatic carbocycles. The first-order valence-electron chi connectivity index (χ1n) is 12.0. The van der Waals surface area contributed by atoms with Gasteiger partial charge in [-0.25, -0.2) is 19.9 Å². The summed E-state index contributed by atoms with van der Waals surface area (Å²) in [5, 5.41) is 4.22. The third-order valence-electron chi connectivity index (χ3n) is 7.32. The lowest BCUT2D eigenvalue weighted by Gasteiger charge is -2.24. The van der Waals surface area contributed by atoms with Gasteiger partial charge in [-0.3, -0.25) is 10.1 Å². The van der Waals surface area contributed by atoms with Crippen molar-refractivity contribution in [3.63, 3.8) is 0 Å². The Morgan fingerprint density at radius 2 is 1.68 bits per heavy atom. The van der Waals surface area contributed by atoms with E-state index in [1.165, 1.54) is 40.1 Å². The van der Waals surface area contributed by atoms with E-state index < -0.39 is 0 Å². The number of ketones is 1. The summed E-state index contributed by atoms with van der Waals surface area (Å²) in [4.78, 5) is 34.1. The molecule has 1 saturated carbocycles. The second-order valence-electron chi connectivity index (χ2n) is 9.66. The van der Waals surface area contributed by atoms with Crippen LogP contribution in [-0.2, 0) is 6.42 Å². The van der Waals surface area contributed by atoms with E-state index in [1.54, 1.807) is 6.20 Å². The van der Waals surface area contributed by atoms with Gasteiger partial charge in [0.25, 0.3) is 0 Å². The molecule has 2 aliphatic rings. The van der Waals surface area contributed by atoms with Crippen LogP contribution in [0.15, 0.2) is 30.5 Å². The predicted octanol–water partition coefficient (Wildman–Crippen LogP) is 6.33. The minimum absolute atomic E-state index is 0.125. The van der Waals surface area contributed by atoms with E-state index in [1.807, 2.05) is 18.3 Å². The van der Waals surface area contributed by atoms with Crippen LogP contribution in [0.4, 0.5) is 11.9 Å². The molecule has 1 atom stereocenters. The zero-order chi connectivity index (χ0) is 23.4. The van der Waals surface area contributed by atoms with Crippen LogP contribution in [0.5, 0.6) is 0 Å². The van der Waals surface area contributed by atoms with E-state index in [-0.39, 0.29) is 11.7 Å². The Balaban J connectivity index is 1.27. The van der Waals surface area contributed by atoms with E-state index in [9.17, 15) is 4.79 Å². The molecule has 34 heavy (non-hydrogen) atoms. The van der Waals surface area contributed by atoms with Crippen LogP contribution in [0.25, 0.3) is 10.9 Å². The molecule has 0 bridgehead atoms. The smallest absolute Gasteiger partial charge is 0.230 e. The van der Waals surface area contributed by atoms with Crippen molar-refractivity contribution in [1.29, 1.82) is 0 Å². The van der Waals surface area contributed by atoms with Gasteiger partial charge < -0.3 is 0 Å². The third kappa shape index (κ3) is 3.78. The van der Waals surface area contributed by atoms with Gasteiger partial charge in [0.15, 0.2) is 5.78 Å². The Hall–Kier alpha value is -3.19. The van der Waals surface area contributed by atoms with Gasteiger partial charge in [-0.15, -0.1) is 11.3 Å². The van der Waals surface area contributed by atoms with Crippen molar-refractivity contribution in [3.05, 3.63) is 68.3 Å². The SMILES string of the molecule is Cc1cc2nc(Nc3ncc4c(n3)CC(c3ccc(C5CCC5)s3)CC4=O)nc(C)c2cc1C. The van der Waals surface area contributed by atoms with E-state index in [4.69, 9.17) is 4.98 Å². The number of benzene rings is 1. The van der Waals surface area contributed by atoms with E-state index in [2.05, 4.69) is 58.4 Å². The number of thiophene rings is 1. The number of nitrogens with zero attached hydrogens (tertiary/aromatic N) is 4. The summed E-state index contributed by atoms with van der Waals surface area (Å²) in [5.41, 5.74) is 5.67. The first-order chi connectivity index (χ1) is 16.4. The van der Waals surface area contributed by atoms with Crippen molar-refractivity contribution < 1.29 is 4.79 Å². The molecule has 1 unspecified atom stereocenters. The first kappa shape index (κ1) is 21.4. The van der Waals surface area contributed by atoms with Gasteiger partial charge in [0, 0.05) is 33.7 Å². The minimum atomic E-state index is 0.125. The van der Waals surface area contributed by atoms with E-state index in [0.29, 0.717) is 23.9 Å². The van der Waals surface area contributed by atoms with Crippen LogP contribution in [0, 0.1) is 20.8 Å². The highest BCUT2D eigenvalue weighted by molar-refractivity contribution is 7.12. The number of carbonyl (C=O) groups is 1. The standard InChI is InChI=1S/C27H27N5OS/c1-14-9-19-16(3)29-27(31-21(19)10-15(14)2)32-26-28-13-20-22(30-26)11-18(12-23(20)33)25-8-7-24(34-25)17-5-4-6-17/h7-10,13,17-18H,4-6,11-12H2,1-3H3,(H,28,29,30,31,32). The molecular weight excluding hydrogens is 442 g/mol. The highest BCUT2D eigenvalue weighted by Gasteiger charge is 2.30. The fourth-order valence-electron chi connectivity index (χ4n) is 4.90. The number of aromatic nitrogens is 4. The number of hydrogen-bond acceptors (Lipinski definition) is 7. The molecule has 4 aromatic rings. The van der Waals surface area contributed by atoms with Crippen molar-refractivity contribution in [1.82, 2.24) is 19.9 Å². The third-order valence-corrected chi connectivity index (χ3v) is 8.73. The van der Waals surface area contributed by atoms with Gasteiger partial charge in [0.2, 0.25) is 11.9 Å². The molecule has 0 spiro atoms. The number of aryl methyl sites for hydroxylation is 3. The molecule has 0 amide bonds. The summed E-state index contributed by atoms with van der Waals surface area (Å²) in [6.45, 7) is 6.17. The summed E-state index contributed by atoms with van der Waals surface area (Å²) in [5.74, 6) is 1.93. The topological polar surface area (TPSA) is 80.7 Å². The Labute approximate surface area is 202 Å².